The second-order valence-electron chi connectivity index (χ2n) is 5.19. The summed E-state index contributed by atoms with van der Waals surface area (Å²) < 4.78 is 41.9. The molecule has 0 atom stereocenters. The summed E-state index contributed by atoms with van der Waals surface area (Å²) in [5.74, 6) is 0. The van der Waals surface area contributed by atoms with Crippen molar-refractivity contribution in [3.8, 4) is 0 Å². The van der Waals surface area contributed by atoms with Crippen molar-refractivity contribution in [1.29, 1.82) is 0 Å². The van der Waals surface area contributed by atoms with Crippen molar-refractivity contribution in [1.82, 2.24) is 10.2 Å². The third-order valence-corrected chi connectivity index (χ3v) is 3.15. The van der Waals surface area contributed by atoms with Crippen LogP contribution in [-0.2, 0) is 4.74 Å². The quantitative estimate of drug-likeness (QED) is 0.405. The molecule has 3 nitrogen and oxygen atoms in total. The second kappa shape index (κ2) is 11.4. The zero-order chi connectivity index (χ0) is 19.5. The predicted octanol–water partition coefficient (Wildman–Crippen LogP) is 4.71. The van der Waals surface area contributed by atoms with Crippen LogP contribution in [0.3, 0.4) is 0 Å². The van der Waals surface area contributed by atoms with E-state index in [2.05, 4.69) is 31.6 Å². The number of alkyl halides is 3. The minimum absolute atomic E-state index is 0.144. The van der Waals surface area contributed by atoms with Gasteiger partial charge in [0.25, 0.3) is 0 Å². The number of hydrogen-bond donors (Lipinski definition) is 1. The first-order chi connectivity index (χ1) is 11.6. The summed E-state index contributed by atoms with van der Waals surface area (Å²) in [5, 5.41) is 2.20. The van der Waals surface area contributed by atoms with Gasteiger partial charge in [-0.1, -0.05) is 38.5 Å². The van der Waals surface area contributed by atoms with E-state index in [1.165, 1.54) is 6.08 Å². The Kier molecular flexibility index (Phi) is 10.4. The van der Waals surface area contributed by atoms with Gasteiger partial charge in [0.1, 0.15) is 6.54 Å². The van der Waals surface area contributed by atoms with Crippen molar-refractivity contribution in [2.24, 2.45) is 0 Å². The first-order valence-electron chi connectivity index (χ1n) is 7.82. The molecule has 0 aliphatic rings. The van der Waals surface area contributed by atoms with E-state index >= 15 is 0 Å². The summed E-state index contributed by atoms with van der Waals surface area (Å²) in [6, 6.07) is 0. The van der Waals surface area contributed by atoms with Crippen molar-refractivity contribution in [3.05, 3.63) is 73.3 Å². The van der Waals surface area contributed by atoms with Crippen LogP contribution in [0.15, 0.2) is 73.3 Å². The summed E-state index contributed by atoms with van der Waals surface area (Å²) in [5.41, 5.74) is 2.23. The molecule has 0 aliphatic heterocycles. The van der Waals surface area contributed by atoms with Crippen LogP contribution >= 0.6 is 0 Å². The molecule has 0 aromatic carbocycles. The first-order valence-corrected chi connectivity index (χ1v) is 7.82. The Morgan fingerprint density at radius 2 is 1.84 bits per heavy atom. The van der Waals surface area contributed by atoms with Gasteiger partial charge in [0.15, 0.2) is 0 Å². The molecule has 0 rings (SSSR count). The maximum Gasteiger partial charge on any atom is 0.405 e. The Morgan fingerprint density at radius 1 is 1.20 bits per heavy atom. The van der Waals surface area contributed by atoms with Gasteiger partial charge in [0.05, 0.1) is 6.61 Å². The molecule has 0 aromatic heterocycles. The summed E-state index contributed by atoms with van der Waals surface area (Å²) >= 11 is 0. The van der Waals surface area contributed by atoms with Crippen molar-refractivity contribution < 1.29 is 17.9 Å². The molecule has 0 aliphatic carbocycles. The van der Waals surface area contributed by atoms with Crippen molar-refractivity contribution in [3.63, 3.8) is 0 Å². The third kappa shape index (κ3) is 10.3. The summed E-state index contributed by atoms with van der Waals surface area (Å²) in [6.45, 7) is 19.5. The number of rotatable bonds is 12. The lowest BCUT2D eigenvalue weighted by Gasteiger charge is -2.27. The van der Waals surface area contributed by atoms with E-state index in [0.29, 0.717) is 31.0 Å². The molecule has 6 heteroatoms. The fraction of sp³-hybridized carbons (Fsp3) is 0.368. The van der Waals surface area contributed by atoms with Crippen LogP contribution in [0.1, 0.15) is 13.8 Å². The SMILES string of the molecule is C=C/C=C(\C)N(CCOCC)C(=C)C(=C)/C=C\C(=C)NCC(F)(F)F. The van der Waals surface area contributed by atoms with Gasteiger partial charge in [0, 0.05) is 30.2 Å². The number of ether oxygens (including phenoxy) is 1. The molecule has 0 aromatic rings. The number of hydrogen-bond acceptors (Lipinski definition) is 3. The molecule has 0 bridgehead atoms. The monoisotopic (exact) mass is 356 g/mol. The highest BCUT2D eigenvalue weighted by atomic mass is 19.4. The lowest BCUT2D eigenvalue weighted by atomic mass is 10.1. The van der Waals surface area contributed by atoms with Crippen LogP contribution in [0.25, 0.3) is 0 Å². The van der Waals surface area contributed by atoms with E-state index in [1.54, 1.807) is 12.2 Å². The number of halogens is 3. The zero-order valence-corrected chi connectivity index (χ0v) is 15.0. The van der Waals surface area contributed by atoms with E-state index in [-0.39, 0.29) is 5.70 Å². The van der Waals surface area contributed by atoms with Gasteiger partial charge in [-0.05, 0) is 31.6 Å². The second-order valence-corrected chi connectivity index (χ2v) is 5.19. The average molecular weight is 356 g/mol. The lowest BCUT2D eigenvalue weighted by molar-refractivity contribution is -0.123. The molecule has 0 saturated heterocycles. The predicted molar refractivity (Wildman–Crippen MR) is 97.8 cm³/mol. The molecule has 0 radical (unpaired) electrons. The minimum atomic E-state index is -4.29. The van der Waals surface area contributed by atoms with Gasteiger partial charge in [-0.2, -0.15) is 13.2 Å². The Hall–Kier alpha value is -2.21. The molecule has 0 fully saturated rings. The lowest BCUT2D eigenvalue weighted by Crippen LogP contribution is -2.27. The Morgan fingerprint density at radius 3 is 2.36 bits per heavy atom. The van der Waals surface area contributed by atoms with E-state index in [0.717, 1.165) is 5.70 Å². The molecular weight excluding hydrogens is 329 g/mol. The summed E-state index contributed by atoms with van der Waals surface area (Å²) in [7, 11) is 0. The normalized spacial score (nSPS) is 12.1. The highest BCUT2D eigenvalue weighted by Gasteiger charge is 2.26. The molecule has 0 amide bonds. The fourth-order valence-electron chi connectivity index (χ4n) is 1.83. The van der Waals surface area contributed by atoms with Gasteiger partial charge in [-0.15, -0.1) is 0 Å². The van der Waals surface area contributed by atoms with Crippen LogP contribution < -0.4 is 5.32 Å². The van der Waals surface area contributed by atoms with E-state index in [4.69, 9.17) is 4.74 Å². The molecule has 0 saturated carbocycles. The van der Waals surface area contributed by atoms with E-state index in [1.807, 2.05) is 24.8 Å². The number of allylic oxidation sites excluding steroid dienone is 5. The van der Waals surface area contributed by atoms with Gasteiger partial charge in [-0.25, -0.2) is 0 Å². The van der Waals surface area contributed by atoms with Crippen molar-refractivity contribution in [2.45, 2.75) is 20.0 Å². The molecule has 0 spiro atoms. The van der Waals surface area contributed by atoms with Crippen molar-refractivity contribution in [2.75, 3.05) is 26.3 Å². The highest BCUT2D eigenvalue weighted by molar-refractivity contribution is 5.39. The Labute approximate surface area is 148 Å². The summed E-state index contributed by atoms with van der Waals surface area (Å²) in [6.07, 6.45) is 2.21. The Bertz CT molecular complexity index is 545. The molecule has 1 N–H and O–H groups in total. The molecule has 0 unspecified atom stereocenters. The largest absolute Gasteiger partial charge is 0.405 e. The maximum atomic E-state index is 12.2. The number of nitrogens with zero attached hydrogens (tertiary/aromatic N) is 1. The third-order valence-electron chi connectivity index (χ3n) is 3.15. The van der Waals surface area contributed by atoms with Gasteiger partial charge < -0.3 is 15.0 Å². The topological polar surface area (TPSA) is 24.5 Å². The molecule has 25 heavy (non-hydrogen) atoms. The van der Waals surface area contributed by atoms with Gasteiger partial charge in [-0.3, -0.25) is 0 Å². The fourth-order valence-corrected chi connectivity index (χ4v) is 1.83. The van der Waals surface area contributed by atoms with Gasteiger partial charge >= 0.3 is 6.18 Å². The Balaban J connectivity index is 4.90. The van der Waals surface area contributed by atoms with E-state index < -0.39 is 12.7 Å². The molecule has 140 valence electrons. The molecular formula is C19H27F3N2O. The smallest absolute Gasteiger partial charge is 0.380 e. The van der Waals surface area contributed by atoms with Crippen LogP contribution in [0.2, 0.25) is 0 Å². The highest BCUT2D eigenvalue weighted by Crippen LogP contribution is 2.19. The summed E-state index contributed by atoms with van der Waals surface area (Å²) in [4.78, 5) is 1.91. The van der Waals surface area contributed by atoms with E-state index in [9.17, 15) is 13.2 Å². The zero-order valence-electron chi connectivity index (χ0n) is 15.0. The minimum Gasteiger partial charge on any atom is -0.380 e. The van der Waals surface area contributed by atoms with Crippen LogP contribution in [-0.4, -0.2) is 37.4 Å². The molecule has 0 heterocycles. The average Bonchev–Trinajstić information content (AvgIpc) is 2.53. The van der Waals surface area contributed by atoms with Gasteiger partial charge in [0.2, 0.25) is 0 Å². The number of nitrogens with one attached hydrogen (secondary N) is 1. The van der Waals surface area contributed by atoms with Crippen LogP contribution in [0.5, 0.6) is 0 Å². The standard InChI is InChI=1S/C19H27F3N2O/c1-7-9-17(5)24(12-13-25-8-2)18(6)15(3)10-11-16(4)23-14-19(20,21)22/h7,9-11,23H,1,3-4,6,8,12-14H2,2,5H3/b11-10-,17-9+. The van der Waals surface area contributed by atoms with Crippen LogP contribution in [0, 0.1) is 0 Å². The van der Waals surface area contributed by atoms with Crippen LogP contribution in [0.4, 0.5) is 13.2 Å². The van der Waals surface area contributed by atoms with Crippen molar-refractivity contribution >= 4 is 0 Å². The first kappa shape index (κ1) is 22.8. The maximum absolute atomic E-state index is 12.2.